The van der Waals surface area contributed by atoms with Crippen molar-refractivity contribution in [2.75, 3.05) is 13.1 Å². The van der Waals surface area contributed by atoms with Crippen molar-refractivity contribution in [3.63, 3.8) is 0 Å². The number of aliphatic hydroxyl groups excluding tert-OH is 1. The van der Waals surface area contributed by atoms with Crippen LogP contribution in [0, 0.1) is 0 Å². The molecule has 0 aliphatic heterocycles. The molecule has 0 unspecified atom stereocenters. The van der Waals surface area contributed by atoms with E-state index in [0.29, 0.717) is 36.8 Å². The van der Waals surface area contributed by atoms with Crippen LogP contribution >= 0.6 is 11.6 Å². The molecule has 3 aromatic rings. The Morgan fingerprint density at radius 3 is 2.56 bits per heavy atom. The molecule has 0 heterocycles. The number of halogens is 1. The maximum atomic E-state index is 11.4. The van der Waals surface area contributed by atoms with E-state index >= 15 is 0 Å². The molecule has 34 heavy (non-hydrogen) atoms. The van der Waals surface area contributed by atoms with Crippen LogP contribution in [-0.2, 0) is 22.7 Å². The SMILES string of the molecule is CCCC(=O)OOc1cccc(COc2ccc(CCNC[C@H](O)c3cccc(Cl)c3)cc2)c1. The molecule has 0 aliphatic carbocycles. The molecule has 180 valence electrons. The predicted octanol–water partition coefficient (Wildman–Crippen LogP) is 5.42. The molecular formula is C27H30ClNO5. The van der Waals surface area contributed by atoms with Crippen molar-refractivity contribution in [3.05, 3.63) is 94.5 Å². The van der Waals surface area contributed by atoms with Crippen molar-refractivity contribution in [1.29, 1.82) is 0 Å². The van der Waals surface area contributed by atoms with E-state index in [1.807, 2.05) is 55.5 Å². The van der Waals surface area contributed by atoms with Crippen LogP contribution in [0.1, 0.15) is 42.6 Å². The highest BCUT2D eigenvalue weighted by Crippen LogP contribution is 2.19. The van der Waals surface area contributed by atoms with Gasteiger partial charge in [-0.3, -0.25) is 9.78 Å². The normalized spacial score (nSPS) is 11.6. The van der Waals surface area contributed by atoms with Crippen molar-refractivity contribution >= 4 is 17.6 Å². The molecule has 0 aromatic heterocycles. The Morgan fingerprint density at radius 2 is 1.79 bits per heavy atom. The summed E-state index contributed by atoms with van der Waals surface area (Å²) >= 11 is 5.98. The molecule has 0 amide bonds. The average molecular weight is 484 g/mol. The lowest BCUT2D eigenvalue weighted by atomic mass is 10.1. The fourth-order valence-electron chi connectivity index (χ4n) is 3.25. The van der Waals surface area contributed by atoms with Crippen molar-refractivity contribution in [3.8, 4) is 11.5 Å². The molecule has 0 aliphatic rings. The zero-order valence-electron chi connectivity index (χ0n) is 19.2. The third-order valence-corrected chi connectivity index (χ3v) is 5.31. The largest absolute Gasteiger partial charge is 0.489 e. The van der Waals surface area contributed by atoms with Crippen molar-refractivity contribution in [2.45, 2.75) is 38.9 Å². The number of hydrogen-bond donors (Lipinski definition) is 2. The van der Waals surface area contributed by atoms with Gasteiger partial charge in [0.2, 0.25) is 0 Å². The summed E-state index contributed by atoms with van der Waals surface area (Å²) in [6.45, 7) is 3.47. The summed E-state index contributed by atoms with van der Waals surface area (Å²) < 4.78 is 5.86. The molecule has 0 fully saturated rings. The van der Waals surface area contributed by atoms with Gasteiger partial charge in [0.05, 0.1) is 6.10 Å². The van der Waals surface area contributed by atoms with Gasteiger partial charge in [-0.2, -0.15) is 0 Å². The van der Waals surface area contributed by atoms with Gasteiger partial charge < -0.3 is 15.2 Å². The predicted molar refractivity (Wildman–Crippen MR) is 132 cm³/mol. The summed E-state index contributed by atoms with van der Waals surface area (Å²) in [5.74, 6) is 0.819. The first-order chi connectivity index (χ1) is 16.5. The van der Waals surface area contributed by atoms with Crippen LogP contribution in [0.2, 0.25) is 5.02 Å². The molecule has 3 aromatic carbocycles. The van der Waals surface area contributed by atoms with Gasteiger partial charge in [-0.15, -0.1) is 0 Å². The summed E-state index contributed by atoms with van der Waals surface area (Å²) in [5.41, 5.74) is 2.87. The first kappa shape index (κ1) is 25.6. The van der Waals surface area contributed by atoms with Gasteiger partial charge in [0.25, 0.3) is 0 Å². The zero-order valence-corrected chi connectivity index (χ0v) is 20.0. The van der Waals surface area contributed by atoms with E-state index in [2.05, 4.69) is 5.32 Å². The lowest BCUT2D eigenvalue weighted by Gasteiger charge is -2.13. The summed E-state index contributed by atoms with van der Waals surface area (Å²) in [6, 6.07) is 22.4. The summed E-state index contributed by atoms with van der Waals surface area (Å²) in [4.78, 5) is 21.3. The Balaban J connectivity index is 1.38. The van der Waals surface area contributed by atoms with Gasteiger partial charge in [-0.1, -0.05) is 54.9 Å². The number of aliphatic hydroxyl groups is 1. The average Bonchev–Trinajstić information content (AvgIpc) is 2.85. The van der Waals surface area contributed by atoms with Crippen LogP contribution in [0.5, 0.6) is 11.5 Å². The van der Waals surface area contributed by atoms with Gasteiger partial charge in [0.15, 0.2) is 5.75 Å². The Kier molecular flexibility index (Phi) is 10.2. The van der Waals surface area contributed by atoms with Gasteiger partial charge in [0, 0.05) is 18.0 Å². The second kappa shape index (κ2) is 13.6. The van der Waals surface area contributed by atoms with Crippen molar-refractivity contribution in [1.82, 2.24) is 5.32 Å². The highest BCUT2D eigenvalue weighted by atomic mass is 35.5. The fraction of sp³-hybridized carbons (Fsp3) is 0.296. The first-order valence-electron chi connectivity index (χ1n) is 11.4. The minimum absolute atomic E-state index is 0.319. The smallest absolute Gasteiger partial charge is 0.355 e. The molecule has 7 heteroatoms. The Hall–Kier alpha value is -3.06. The van der Waals surface area contributed by atoms with Crippen LogP contribution in [-0.4, -0.2) is 24.2 Å². The minimum atomic E-state index is -0.596. The highest BCUT2D eigenvalue weighted by Gasteiger charge is 2.08. The second-order valence-corrected chi connectivity index (χ2v) is 8.33. The van der Waals surface area contributed by atoms with E-state index in [0.717, 1.165) is 29.8 Å². The number of benzene rings is 3. The van der Waals surface area contributed by atoms with Crippen molar-refractivity contribution < 1.29 is 24.4 Å². The minimum Gasteiger partial charge on any atom is -0.489 e. The molecule has 0 saturated carbocycles. The molecule has 0 radical (unpaired) electrons. The molecule has 0 bridgehead atoms. The van der Waals surface area contributed by atoms with E-state index in [9.17, 15) is 9.90 Å². The number of carbonyl (C=O) groups excluding carboxylic acids is 1. The highest BCUT2D eigenvalue weighted by molar-refractivity contribution is 6.30. The van der Waals surface area contributed by atoms with Crippen LogP contribution in [0.3, 0.4) is 0 Å². The third kappa shape index (κ3) is 8.71. The quantitative estimate of drug-likeness (QED) is 0.192. The maximum absolute atomic E-state index is 11.4. The van der Waals surface area contributed by atoms with Gasteiger partial charge >= 0.3 is 5.97 Å². The van der Waals surface area contributed by atoms with Crippen LogP contribution in [0.15, 0.2) is 72.8 Å². The number of ether oxygens (including phenoxy) is 1. The monoisotopic (exact) mass is 483 g/mol. The first-order valence-corrected chi connectivity index (χ1v) is 11.7. The van der Waals surface area contributed by atoms with Gasteiger partial charge in [0.1, 0.15) is 12.4 Å². The van der Waals surface area contributed by atoms with Crippen LogP contribution in [0.25, 0.3) is 0 Å². The molecule has 2 N–H and O–H groups in total. The van der Waals surface area contributed by atoms with E-state index in [4.69, 9.17) is 26.1 Å². The van der Waals surface area contributed by atoms with E-state index in [-0.39, 0.29) is 0 Å². The van der Waals surface area contributed by atoms with Crippen LogP contribution < -0.4 is 14.9 Å². The molecule has 6 nitrogen and oxygen atoms in total. The van der Waals surface area contributed by atoms with E-state index in [1.54, 1.807) is 24.3 Å². The number of hydrogen-bond acceptors (Lipinski definition) is 6. The molecular weight excluding hydrogens is 454 g/mol. The Labute approximate surface area is 205 Å². The molecule has 3 rings (SSSR count). The maximum Gasteiger partial charge on any atom is 0.355 e. The van der Waals surface area contributed by atoms with E-state index < -0.39 is 12.1 Å². The standard InChI is InChI=1S/C27H30ClNO5/c1-2-5-27(31)34-33-25-9-3-6-21(16-25)19-32-24-12-10-20(11-13-24)14-15-29-18-26(30)22-7-4-8-23(28)17-22/h3-4,6-13,16-17,26,29-30H,2,5,14-15,18-19H2,1H3/t26-/m0/s1. The lowest BCUT2D eigenvalue weighted by Crippen LogP contribution is -2.23. The third-order valence-electron chi connectivity index (χ3n) is 5.07. The number of rotatable bonds is 13. The molecule has 1 atom stereocenters. The second-order valence-electron chi connectivity index (χ2n) is 7.89. The summed E-state index contributed by atoms with van der Waals surface area (Å²) in [5, 5.41) is 14.2. The topological polar surface area (TPSA) is 77.0 Å². The molecule has 0 spiro atoms. The Bertz CT molecular complexity index is 1040. The zero-order chi connectivity index (χ0) is 24.2. The Morgan fingerprint density at radius 1 is 1.00 bits per heavy atom. The van der Waals surface area contributed by atoms with Gasteiger partial charge in [-0.25, -0.2) is 4.79 Å². The van der Waals surface area contributed by atoms with Crippen LogP contribution in [0.4, 0.5) is 0 Å². The van der Waals surface area contributed by atoms with E-state index in [1.165, 1.54) is 5.56 Å². The fourth-order valence-corrected chi connectivity index (χ4v) is 3.45. The number of nitrogens with one attached hydrogen (secondary N) is 1. The number of carbonyl (C=O) groups is 1. The summed E-state index contributed by atoms with van der Waals surface area (Å²) in [6.07, 6.45) is 1.26. The van der Waals surface area contributed by atoms with Gasteiger partial charge in [-0.05, 0) is 72.5 Å². The lowest BCUT2D eigenvalue weighted by molar-refractivity contribution is -0.213. The summed E-state index contributed by atoms with van der Waals surface area (Å²) in [7, 11) is 0. The molecule has 0 saturated heterocycles. The van der Waals surface area contributed by atoms with Crippen molar-refractivity contribution in [2.24, 2.45) is 0 Å².